The molecule has 1 aromatic carbocycles. The molecule has 5 heteroatoms. The van der Waals surface area contributed by atoms with Crippen molar-refractivity contribution in [2.75, 3.05) is 29.9 Å². The van der Waals surface area contributed by atoms with Gasteiger partial charge in [0.15, 0.2) is 0 Å². The molecular weight excluding hydrogens is 256 g/mol. The zero-order valence-electron chi connectivity index (χ0n) is 9.70. The maximum atomic E-state index is 12.0. The summed E-state index contributed by atoms with van der Waals surface area (Å²) in [6.07, 6.45) is 0. The van der Waals surface area contributed by atoms with Gasteiger partial charge in [-0.2, -0.15) is 11.8 Å². The summed E-state index contributed by atoms with van der Waals surface area (Å²) in [7, 11) is 0. The van der Waals surface area contributed by atoms with E-state index in [1.165, 1.54) is 0 Å². The number of carbonyl (C=O) groups is 1. The first kappa shape index (κ1) is 12.6. The van der Waals surface area contributed by atoms with Crippen molar-refractivity contribution in [1.29, 1.82) is 0 Å². The number of nitrogens with one attached hydrogen (secondary N) is 1. The van der Waals surface area contributed by atoms with Crippen LogP contribution in [0.5, 0.6) is 0 Å². The Morgan fingerprint density at radius 3 is 2.76 bits per heavy atom. The normalized spacial score (nSPS) is 15.8. The lowest BCUT2D eigenvalue weighted by molar-refractivity contribution is 0.217. The van der Waals surface area contributed by atoms with Gasteiger partial charge in [0.05, 0.1) is 10.7 Å². The lowest BCUT2D eigenvalue weighted by Gasteiger charge is -2.27. The van der Waals surface area contributed by atoms with Crippen molar-refractivity contribution in [2.24, 2.45) is 0 Å². The van der Waals surface area contributed by atoms with Gasteiger partial charge < -0.3 is 10.2 Å². The van der Waals surface area contributed by atoms with Crippen LogP contribution in [0.4, 0.5) is 10.5 Å². The molecule has 17 heavy (non-hydrogen) atoms. The van der Waals surface area contributed by atoms with E-state index in [-0.39, 0.29) is 6.03 Å². The molecule has 1 saturated heterocycles. The van der Waals surface area contributed by atoms with Crippen LogP contribution in [0.1, 0.15) is 5.56 Å². The van der Waals surface area contributed by atoms with Crippen LogP contribution in [-0.4, -0.2) is 35.5 Å². The van der Waals surface area contributed by atoms with Gasteiger partial charge >= 0.3 is 6.03 Å². The van der Waals surface area contributed by atoms with Crippen LogP contribution in [0, 0.1) is 6.92 Å². The van der Waals surface area contributed by atoms with Crippen LogP contribution < -0.4 is 5.32 Å². The number of anilines is 1. The van der Waals surface area contributed by atoms with E-state index in [0.717, 1.165) is 35.8 Å². The van der Waals surface area contributed by atoms with Crippen molar-refractivity contribution < 1.29 is 4.79 Å². The predicted molar refractivity (Wildman–Crippen MR) is 74.1 cm³/mol. The number of carbonyl (C=O) groups excluding carboxylic acids is 1. The Bertz CT molecular complexity index is 399. The van der Waals surface area contributed by atoms with E-state index >= 15 is 0 Å². The number of para-hydroxylation sites is 1. The van der Waals surface area contributed by atoms with E-state index in [4.69, 9.17) is 11.6 Å². The van der Waals surface area contributed by atoms with Gasteiger partial charge in [0.25, 0.3) is 0 Å². The molecule has 1 N–H and O–H groups in total. The van der Waals surface area contributed by atoms with Crippen LogP contribution in [0.15, 0.2) is 18.2 Å². The maximum absolute atomic E-state index is 12.0. The fourth-order valence-corrected chi connectivity index (χ4v) is 2.91. The number of nitrogens with zero attached hydrogens (tertiary/aromatic N) is 1. The number of benzene rings is 1. The summed E-state index contributed by atoms with van der Waals surface area (Å²) >= 11 is 7.96. The number of amides is 2. The van der Waals surface area contributed by atoms with Crippen molar-refractivity contribution in [3.63, 3.8) is 0 Å². The quantitative estimate of drug-likeness (QED) is 0.850. The molecule has 1 heterocycles. The Morgan fingerprint density at radius 1 is 1.41 bits per heavy atom. The number of aryl methyl sites for hydroxylation is 1. The average molecular weight is 271 g/mol. The third-order valence-electron chi connectivity index (χ3n) is 2.75. The monoisotopic (exact) mass is 270 g/mol. The minimum atomic E-state index is -0.0542. The molecule has 92 valence electrons. The van der Waals surface area contributed by atoms with E-state index in [9.17, 15) is 4.79 Å². The van der Waals surface area contributed by atoms with Crippen LogP contribution >= 0.6 is 23.4 Å². The van der Waals surface area contributed by atoms with E-state index in [1.54, 1.807) is 6.07 Å². The molecule has 0 aromatic heterocycles. The van der Waals surface area contributed by atoms with Crippen molar-refractivity contribution in [3.05, 3.63) is 28.8 Å². The number of rotatable bonds is 1. The molecule has 0 unspecified atom stereocenters. The summed E-state index contributed by atoms with van der Waals surface area (Å²) in [6, 6.07) is 5.55. The summed E-state index contributed by atoms with van der Waals surface area (Å²) in [4.78, 5) is 13.9. The summed E-state index contributed by atoms with van der Waals surface area (Å²) in [5.41, 5.74) is 1.70. The van der Waals surface area contributed by atoms with Crippen LogP contribution in [0.3, 0.4) is 0 Å². The molecule has 1 aromatic rings. The molecule has 0 aliphatic carbocycles. The van der Waals surface area contributed by atoms with E-state index < -0.39 is 0 Å². The molecule has 3 nitrogen and oxygen atoms in total. The zero-order valence-corrected chi connectivity index (χ0v) is 11.3. The van der Waals surface area contributed by atoms with Crippen LogP contribution in [-0.2, 0) is 0 Å². The molecule has 1 fully saturated rings. The first-order valence-electron chi connectivity index (χ1n) is 5.57. The number of hydrogen-bond acceptors (Lipinski definition) is 2. The molecule has 1 aliphatic heterocycles. The van der Waals surface area contributed by atoms with Gasteiger partial charge in [0, 0.05) is 24.6 Å². The molecule has 2 rings (SSSR count). The third-order valence-corrected chi connectivity index (χ3v) is 4.01. The number of thioether (sulfide) groups is 1. The second-order valence-electron chi connectivity index (χ2n) is 3.96. The molecule has 0 bridgehead atoms. The largest absolute Gasteiger partial charge is 0.323 e. The fraction of sp³-hybridized carbons (Fsp3) is 0.417. The molecular formula is C12H15ClN2OS. The summed E-state index contributed by atoms with van der Waals surface area (Å²) < 4.78 is 0. The lowest BCUT2D eigenvalue weighted by atomic mass is 10.2. The Balaban J connectivity index is 2.07. The maximum Gasteiger partial charge on any atom is 0.321 e. The van der Waals surface area contributed by atoms with Gasteiger partial charge in [-0.25, -0.2) is 4.79 Å². The molecule has 1 aliphatic rings. The SMILES string of the molecule is Cc1cccc(Cl)c1NC(=O)N1CCSCC1. The van der Waals surface area contributed by atoms with Crippen LogP contribution in [0.25, 0.3) is 0 Å². The Morgan fingerprint density at radius 2 is 2.12 bits per heavy atom. The topological polar surface area (TPSA) is 32.3 Å². The van der Waals surface area contributed by atoms with Gasteiger partial charge in [-0.1, -0.05) is 23.7 Å². The highest BCUT2D eigenvalue weighted by molar-refractivity contribution is 7.99. The van der Waals surface area contributed by atoms with E-state index in [0.29, 0.717) is 5.02 Å². The minimum Gasteiger partial charge on any atom is -0.323 e. The Hall–Kier alpha value is -0.870. The average Bonchev–Trinajstić information content (AvgIpc) is 2.35. The van der Waals surface area contributed by atoms with Crippen molar-refractivity contribution in [1.82, 2.24) is 4.90 Å². The van der Waals surface area contributed by atoms with Crippen molar-refractivity contribution >= 4 is 35.1 Å². The van der Waals surface area contributed by atoms with E-state index in [1.807, 2.05) is 35.7 Å². The number of halogens is 1. The smallest absolute Gasteiger partial charge is 0.321 e. The molecule has 0 saturated carbocycles. The summed E-state index contributed by atoms with van der Waals surface area (Å²) in [5, 5.41) is 3.48. The van der Waals surface area contributed by atoms with Crippen LogP contribution in [0.2, 0.25) is 5.02 Å². The highest BCUT2D eigenvalue weighted by Crippen LogP contribution is 2.25. The second-order valence-corrected chi connectivity index (χ2v) is 5.59. The predicted octanol–water partition coefficient (Wildman–Crippen LogP) is 3.23. The summed E-state index contributed by atoms with van der Waals surface area (Å²) in [5.74, 6) is 2.02. The molecule has 0 atom stereocenters. The van der Waals surface area contributed by atoms with Gasteiger partial charge in [0.1, 0.15) is 0 Å². The molecule has 0 radical (unpaired) electrons. The highest BCUT2D eigenvalue weighted by atomic mass is 35.5. The molecule has 2 amide bonds. The number of hydrogen-bond donors (Lipinski definition) is 1. The standard InChI is InChI=1S/C12H15ClN2OS/c1-9-3-2-4-10(13)11(9)14-12(16)15-5-7-17-8-6-15/h2-4H,5-8H2,1H3,(H,14,16). The minimum absolute atomic E-state index is 0.0542. The lowest BCUT2D eigenvalue weighted by Crippen LogP contribution is -2.40. The number of urea groups is 1. The zero-order chi connectivity index (χ0) is 12.3. The van der Waals surface area contributed by atoms with Crippen molar-refractivity contribution in [3.8, 4) is 0 Å². The highest BCUT2D eigenvalue weighted by Gasteiger charge is 2.18. The fourth-order valence-electron chi connectivity index (χ4n) is 1.74. The summed E-state index contributed by atoms with van der Waals surface area (Å²) in [6.45, 7) is 3.55. The van der Waals surface area contributed by atoms with E-state index in [2.05, 4.69) is 5.32 Å². The first-order valence-corrected chi connectivity index (χ1v) is 7.10. The van der Waals surface area contributed by atoms with Gasteiger partial charge in [-0.3, -0.25) is 0 Å². The van der Waals surface area contributed by atoms with Gasteiger partial charge in [-0.15, -0.1) is 0 Å². The Labute approximate surface area is 111 Å². The molecule has 0 spiro atoms. The van der Waals surface area contributed by atoms with Gasteiger partial charge in [0.2, 0.25) is 0 Å². The first-order chi connectivity index (χ1) is 8.18. The van der Waals surface area contributed by atoms with Gasteiger partial charge in [-0.05, 0) is 18.6 Å². The Kier molecular flexibility index (Phi) is 4.18. The second kappa shape index (κ2) is 5.65. The third kappa shape index (κ3) is 3.07. The van der Waals surface area contributed by atoms with Crippen molar-refractivity contribution in [2.45, 2.75) is 6.92 Å².